The zero-order valence-corrected chi connectivity index (χ0v) is 14.1. The number of fused-ring (bicyclic) bond motifs is 1. The number of hydrogen-bond acceptors (Lipinski definition) is 4. The lowest BCUT2D eigenvalue weighted by Gasteiger charge is -2.08. The molecule has 0 saturated heterocycles. The molecule has 1 atom stereocenters. The second-order valence-electron chi connectivity index (χ2n) is 5.27. The van der Waals surface area contributed by atoms with Gasteiger partial charge in [-0.05, 0) is 44.0 Å². The number of carbonyl (C=O) groups excluding carboxylic acids is 2. The summed E-state index contributed by atoms with van der Waals surface area (Å²) in [5.41, 5.74) is 1.32. The Morgan fingerprint density at radius 1 is 1.35 bits per heavy atom. The predicted molar refractivity (Wildman–Crippen MR) is 91.3 cm³/mol. The smallest absolute Gasteiger partial charge is 0.257 e. The molecule has 5 nitrogen and oxygen atoms in total. The number of benzene rings is 1. The number of aryl methyl sites for hydroxylation is 1. The van der Waals surface area contributed by atoms with E-state index in [-0.39, 0.29) is 17.7 Å². The van der Waals surface area contributed by atoms with Gasteiger partial charge in [-0.15, -0.1) is 11.3 Å². The largest absolute Gasteiger partial charge is 0.356 e. The summed E-state index contributed by atoms with van der Waals surface area (Å²) >= 11 is 7.26. The summed E-state index contributed by atoms with van der Waals surface area (Å²) in [6.07, 6.45) is 1.61. The number of amides is 2. The fraction of sp³-hybridized carbons (Fsp3) is 0.312. The van der Waals surface area contributed by atoms with Crippen LogP contribution < -0.4 is 10.6 Å². The first kappa shape index (κ1) is 16.0. The highest BCUT2D eigenvalue weighted by molar-refractivity contribution is 7.16. The fourth-order valence-corrected chi connectivity index (χ4v) is 3.76. The van der Waals surface area contributed by atoms with Crippen molar-refractivity contribution < 1.29 is 9.59 Å². The third-order valence-corrected chi connectivity index (χ3v) is 5.01. The first-order chi connectivity index (χ1) is 11.1. The van der Waals surface area contributed by atoms with Gasteiger partial charge in [0.25, 0.3) is 5.91 Å². The summed E-state index contributed by atoms with van der Waals surface area (Å²) in [6, 6.07) is 6.67. The van der Waals surface area contributed by atoms with Crippen molar-refractivity contribution in [2.45, 2.75) is 25.7 Å². The molecule has 2 aromatic rings. The normalized spacial score (nSPS) is 16.0. The number of nitrogens with zero attached hydrogens (tertiary/aromatic N) is 1. The molecule has 1 heterocycles. The van der Waals surface area contributed by atoms with Crippen LogP contribution in [0.3, 0.4) is 0 Å². The molecule has 1 aliphatic rings. The zero-order chi connectivity index (χ0) is 16.4. The van der Waals surface area contributed by atoms with Crippen LogP contribution in [-0.4, -0.2) is 23.3 Å². The minimum Gasteiger partial charge on any atom is -0.356 e. The lowest BCUT2D eigenvalue weighted by Crippen LogP contribution is -2.28. The Labute approximate surface area is 143 Å². The zero-order valence-electron chi connectivity index (χ0n) is 12.6. The number of rotatable bonds is 4. The summed E-state index contributed by atoms with van der Waals surface area (Å²) in [5.74, 6) is -0.432. The van der Waals surface area contributed by atoms with Gasteiger partial charge in [0.2, 0.25) is 5.91 Å². The monoisotopic (exact) mass is 349 g/mol. The second-order valence-corrected chi connectivity index (χ2v) is 6.79. The summed E-state index contributed by atoms with van der Waals surface area (Å²) < 4.78 is 0. The maximum Gasteiger partial charge on any atom is 0.257 e. The maximum atomic E-state index is 12.2. The van der Waals surface area contributed by atoms with Crippen LogP contribution in [0.15, 0.2) is 24.3 Å². The third kappa shape index (κ3) is 3.38. The molecule has 23 heavy (non-hydrogen) atoms. The summed E-state index contributed by atoms with van der Waals surface area (Å²) in [5, 5.41) is 6.74. The molecule has 0 fully saturated rings. The van der Waals surface area contributed by atoms with Crippen molar-refractivity contribution in [3.8, 4) is 0 Å². The molecule has 1 aliphatic carbocycles. The van der Waals surface area contributed by atoms with Crippen LogP contribution in [0.25, 0.3) is 0 Å². The molecular formula is C16H16ClN3O2S. The van der Waals surface area contributed by atoms with E-state index in [1.165, 1.54) is 11.3 Å². The minimum atomic E-state index is -0.233. The number of anilines is 1. The average Bonchev–Trinajstić information content (AvgIpc) is 3.07. The van der Waals surface area contributed by atoms with Crippen molar-refractivity contribution in [2.24, 2.45) is 0 Å². The van der Waals surface area contributed by atoms with Crippen LogP contribution in [0, 0.1) is 0 Å². The predicted octanol–water partition coefficient (Wildman–Crippen LogP) is 3.21. The number of halogens is 1. The molecule has 0 radical (unpaired) electrons. The van der Waals surface area contributed by atoms with Gasteiger partial charge in [0.15, 0.2) is 5.13 Å². The van der Waals surface area contributed by atoms with E-state index >= 15 is 0 Å². The summed E-state index contributed by atoms with van der Waals surface area (Å²) in [4.78, 5) is 29.8. The molecule has 7 heteroatoms. The molecular weight excluding hydrogens is 334 g/mol. The van der Waals surface area contributed by atoms with Gasteiger partial charge in [0.05, 0.1) is 11.6 Å². The van der Waals surface area contributed by atoms with Crippen molar-refractivity contribution in [1.29, 1.82) is 0 Å². The van der Waals surface area contributed by atoms with Gasteiger partial charge in [-0.2, -0.15) is 0 Å². The van der Waals surface area contributed by atoms with Crippen molar-refractivity contribution >= 4 is 39.9 Å². The molecule has 0 spiro atoms. The van der Waals surface area contributed by atoms with Crippen molar-refractivity contribution in [1.82, 2.24) is 10.3 Å². The quantitative estimate of drug-likeness (QED) is 0.890. The Balaban J connectivity index is 1.73. The van der Waals surface area contributed by atoms with Gasteiger partial charge < -0.3 is 5.32 Å². The van der Waals surface area contributed by atoms with E-state index in [2.05, 4.69) is 15.6 Å². The fourth-order valence-electron chi connectivity index (χ4n) is 2.60. The van der Waals surface area contributed by atoms with Crippen LogP contribution in [0.1, 0.15) is 40.2 Å². The first-order valence-electron chi connectivity index (χ1n) is 7.42. The Bertz CT molecular complexity index is 742. The molecule has 3 rings (SSSR count). The van der Waals surface area contributed by atoms with E-state index in [1.807, 2.05) is 6.92 Å². The van der Waals surface area contributed by atoms with Crippen LogP contribution in [0.4, 0.5) is 5.13 Å². The van der Waals surface area contributed by atoms with Crippen LogP contribution in [0.2, 0.25) is 5.02 Å². The van der Waals surface area contributed by atoms with E-state index in [9.17, 15) is 9.59 Å². The summed E-state index contributed by atoms with van der Waals surface area (Å²) in [7, 11) is 0. The Hall–Kier alpha value is -1.92. The lowest BCUT2D eigenvalue weighted by molar-refractivity contribution is -0.122. The maximum absolute atomic E-state index is 12.2. The van der Waals surface area contributed by atoms with Crippen LogP contribution >= 0.6 is 22.9 Å². The third-order valence-electron chi connectivity index (χ3n) is 3.71. The standard InChI is InChI=1S/C16H16ClN3O2S/c1-2-18-15(22)11-7-8-12-13(11)19-16(23-12)20-14(21)9-3-5-10(17)6-4-9/h3-6,11H,2,7-8H2,1H3,(H,18,22)(H,19,20,21). The van der Waals surface area contributed by atoms with E-state index in [4.69, 9.17) is 11.6 Å². The highest BCUT2D eigenvalue weighted by atomic mass is 35.5. The van der Waals surface area contributed by atoms with Gasteiger partial charge >= 0.3 is 0 Å². The van der Waals surface area contributed by atoms with Crippen LogP contribution in [-0.2, 0) is 11.2 Å². The number of thiazole rings is 1. The highest BCUT2D eigenvalue weighted by Crippen LogP contribution is 2.38. The minimum absolute atomic E-state index is 0.00660. The van der Waals surface area contributed by atoms with E-state index in [0.29, 0.717) is 22.3 Å². The lowest BCUT2D eigenvalue weighted by atomic mass is 10.1. The number of carbonyl (C=O) groups is 2. The molecule has 120 valence electrons. The van der Waals surface area contributed by atoms with Gasteiger partial charge in [-0.25, -0.2) is 4.98 Å². The molecule has 1 aromatic carbocycles. The Morgan fingerprint density at radius 2 is 2.09 bits per heavy atom. The SMILES string of the molecule is CCNC(=O)C1CCc2sc(NC(=O)c3ccc(Cl)cc3)nc21. The van der Waals surface area contributed by atoms with Crippen molar-refractivity contribution in [3.63, 3.8) is 0 Å². The molecule has 2 N–H and O–H groups in total. The molecule has 0 bridgehead atoms. The van der Waals surface area contributed by atoms with Gasteiger partial charge in [-0.3, -0.25) is 14.9 Å². The van der Waals surface area contributed by atoms with Gasteiger partial charge in [-0.1, -0.05) is 11.6 Å². The molecule has 1 unspecified atom stereocenters. The highest BCUT2D eigenvalue weighted by Gasteiger charge is 2.32. The van der Waals surface area contributed by atoms with E-state index in [1.54, 1.807) is 24.3 Å². The van der Waals surface area contributed by atoms with Crippen LogP contribution in [0.5, 0.6) is 0 Å². The summed E-state index contributed by atoms with van der Waals surface area (Å²) in [6.45, 7) is 2.50. The molecule has 0 saturated carbocycles. The molecule has 0 aliphatic heterocycles. The van der Waals surface area contributed by atoms with Crippen molar-refractivity contribution in [3.05, 3.63) is 45.4 Å². The number of nitrogens with one attached hydrogen (secondary N) is 2. The second kappa shape index (κ2) is 6.68. The van der Waals surface area contributed by atoms with E-state index in [0.717, 1.165) is 23.4 Å². The van der Waals surface area contributed by atoms with E-state index < -0.39 is 0 Å². The Kier molecular flexibility index (Phi) is 4.63. The van der Waals surface area contributed by atoms with Crippen molar-refractivity contribution in [2.75, 3.05) is 11.9 Å². The number of aromatic nitrogens is 1. The average molecular weight is 350 g/mol. The number of likely N-dealkylation sites (N-methyl/N-ethyl adjacent to an activating group) is 1. The molecule has 1 aromatic heterocycles. The number of hydrogen-bond donors (Lipinski definition) is 2. The topological polar surface area (TPSA) is 71.1 Å². The van der Waals surface area contributed by atoms with Gasteiger partial charge in [0, 0.05) is 22.0 Å². The first-order valence-corrected chi connectivity index (χ1v) is 8.62. The Morgan fingerprint density at radius 3 is 2.78 bits per heavy atom. The van der Waals surface area contributed by atoms with Gasteiger partial charge in [0.1, 0.15) is 0 Å². The molecule has 2 amide bonds.